The van der Waals surface area contributed by atoms with Crippen molar-refractivity contribution in [2.24, 2.45) is 0 Å². The van der Waals surface area contributed by atoms with Gasteiger partial charge in [-0.1, -0.05) is 30.3 Å². The number of hydrogen-bond acceptors (Lipinski definition) is 3. The third-order valence-electron chi connectivity index (χ3n) is 3.38. The number of nitrogens with zero attached hydrogens (tertiary/aromatic N) is 1. The number of nitrogens with one attached hydrogen (secondary N) is 1. The van der Waals surface area contributed by atoms with Gasteiger partial charge in [0.15, 0.2) is 0 Å². The second-order valence-corrected chi connectivity index (χ2v) is 5.28. The Morgan fingerprint density at radius 3 is 2.38 bits per heavy atom. The van der Waals surface area contributed by atoms with Crippen LogP contribution in [-0.2, 0) is 0 Å². The Bertz CT molecular complexity index is 623. The quantitative estimate of drug-likeness (QED) is 0.847. The summed E-state index contributed by atoms with van der Waals surface area (Å²) in [5, 5.41) is 3.37. The van der Waals surface area contributed by atoms with Crippen LogP contribution in [0.5, 0.6) is 0 Å². The molecular formula is C17H21N3O. The lowest BCUT2D eigenvalue weighted by molar-refractivity contribution is 0.0827. The van der Waals surface area contributed by atoms with Crippen molar-refractivity contribution in [3.05, 3.63) is 59.7 Å². The average molecular weight is 283 g/mol. The molecule has 0 radical (unpaired) electrons. The zero-order chi connectivity index (χ0) is 15.4. The fourth-order valence-electron chi connectivity index (χ4n) is 2.14. The minimum Gasteiger partial charge on any atom is -0.397 e. The van der Waals surface area contributed by atoms with Crippen LogP contribution in [0.4, 0.5) is 11.4 Å². The molecule has 0 aliphatic carbocycles. The summed E-state index contributed by atoms with van der Waals surface area (Å²) in [5.41, 5.74) is 9.24. The Morgan fingerprint density at radius 2 is 1.81 bits per heavy atom. The van der Waals surface area contributed by atoms with Crippen LogP contribution in [0.3, 0.4) is 0 Å². The van der Waals surface area contributed by atoms with Crippen LogP contribution >= 0.6 is 0 Å². The largest absolute Gasteiger partial charge is 0.397 e. The van der Waals surface area contributed by atoms with E-state index < -0.39 is 0 Å². The van der Waals surface area contributed by atoms with E-state index in [1.807, 2.05) is 24.3 Å². The van der Waals surface area contributed by atoms with E-state index in [2.05, 4.69) is 24.4 Å². The van der Waals surface area contributed by atoms with Gasteiger partial charge in [0.2, 0.25) is 0 Å². The Labute approximate surface area is 125 Å². The number of nitrogen functional groups attached to an aromatic ring is 1. The van der Waals surface area contributed by atoms with Crippen LogP contribution < -0.4 is 11.1 Å². The van der Waals surface area contributed by atoms with Crippen LogP contribution in [0.1, 0.15) is 28.9 Å². The number of benzene rings is 2. The minimum atomic E-state index is -0.0515. The molecule has 2 aromatic carbocycles. The molecule has 0 heterocycles. The number of carbonyl (C=O) groups is 1. The van der Waals surface area contributed by atoms with Crippen LogP contribution in [0.2, 0.25) is 0 Å². The second kappa shape index (κ2) is 6.31. The van der Waals surface area contributed by atoms with E-state index in [4.69, 9.17) is 5.73 Å². The van der Waals surface area contributed by atoms with E-state index >= 15 is 0 Å². The Hall–Kier alpha value is -2.49. The maximum absolute atomic E-state index is 11.9. The lowest BCUT2D eigenvalue weighted by atomic mass is 10.1. The van der Waals surface area contributed by atoms with Crippen LogP contribution in [0, 0.1) is 0 Å². The van der Waals surface area contributed by atoms with E-state index in [0.29, 0.717) is 11.3 Å². The summed E-state index contributed by atoms with van der Waals surface area (Å²) in [7, 11) is 3.45. The number of amides is 1. The molecule has 0 saturated heterocycles. The van der Waals surface area contributed by atoms with E-state index in [9.17, 15) is 4.79 Å². The Balaban J connectivity index is 2.17. The van der Waals surface area contributed by atoms with Gasteiger partial charge in [0.25, 0.3) is 5.91 Å². The van der Waals surface area contributed by atoms with Crippen LogP contribution in [0.15, 0.2) is 48.5 Å². The third-order valence-corrected chi connectivity index (χ3v) is 3.38. The van der Waals surface area contributed by atoms with Crippen molar-refractivity contribution < 1.29 is 4.79 Å². The summed E-state index contributed by atoms with van der Waals surface area (Å²) in [6, 6.07) is 15.6. The minimum absolute atomic E-state index is 0.0515. The molecular weight excluding hydrogens is 262 g/mol. The molecule has 0 bridgehead atoms. The fraction of sp³-hybridized carbons (Fsp3) is 0.235. The van der Waals surface area contributed by atoms with Crippen molar-refractivity contribution >= 4 is 17.3 Å². The molecule has 0 aliphatic heterocycles. The highest BCUT2D eigenvalue weighted by Crippen LogP contribution is 2.25. The van der Waals surface area contributed by atoms with Gasteiger partial charge < -0.3 is 16.0 Å². The second-order valence-electron chi connectivity index (χ2n) is 5.28. The first-order chi connectivity index (χ1) is 9.99. The van der Waals surface area contributed by atoms with Gasteiger partial charge >= 0.3 is 0 Å². The molecule has 1 unspecified atom stereocenters. The van der Waals surface area contributed by atoms with Crippen molar-refractivity contribution in [1.82, 2.24) is 4.90 Å². The number of rotatable bonds is 4. The van der Waals surface area contributed by atoms with Gasteiger partial charge in [0.1, 0.15) is 0 Å². The fourth-order valence-corrected chi connectivity index (χ4v) is 2.14. The summed E-state index contributed by atoms with van der Waals surface area (Å²) >= 11 is 0. The van der Waals surface area contributed by atoms with Gasteiger partial charge in [-0.15, -0.1) is 0 Å². The normalized spacial score (nSPS) is 11.8. The molecule has 1 atom stereocenters. The molecule has 110 valence electrons. The summed E-state index contributed by atoms with van der Waals surface area (Å²) < 4.78 is 0. The van der Waals surface area contributed by atoms with Crippen LogP contribution in [0.25, 0.3) is 0 Å². The molecule has 4 nitrogen and oxygen atoms in total. The Morgan fingerprint density at radius 1 is 1.14 bits per heavy atom. The molecule has 1 amide bonds. The van der Waals surface area contributed by atoms with Gasteiger partial charge in [-0.2, -0.15) is 0 Å². The molecule has 3 N–H and O–H groups in total. The predicted octanol–water partition coefficient (Wildman–Crippen LogP) is 3.14. The lowest BCUT2D eigenvalue weighted by Crippen LogP contribution is -2.21. The van der Waals surface area contributed by atoms with Gasteiger partial charge in [0, 0.05) is 25.7 Å². The highest BCUT2D eigenvalue weighted by Gasteiger charge is 2.11. The van der Waals surface area contributed by atoms with Gasteiger partial charge in [-0.25, -0.2) is 0 Å². The zero-order valence-corrected chi connectivity index (χ0v) is 12.6. The molecule has 0 spiro atoms. The number of carbonyl (C=O) groups excluding carboxylic acids is 1. The number of anilines is 2. The number of hydrogen-bond donors (Lipinski definition) is 2. The average Bonchev–Trinajstić information content (AvgIpc) is 2.49. The van der Waals surface area contributed by atoms with Gasteiger partial charge in [-0.3, -0.25) is 4.79 Å². The van der Waals surface area contributed by atoms with Crippen molar-refractivity contribution in [3.8, 4) is 0 Å². The van der Waals surface area contributed by atoms with Crippen molar-refractivity contribution in [2.75, 3.05) is 25.1 Å². The first-order valence-corrected chi connectivity index (χ1v) is 6.91. The first kappa shape index (κ1) is 14.9. The molecule has 21 heavy (non-hydrogen) atoms. The highest BCUT2D eigenvalue weighted by molar-refractivity contribution is 5.95. The SMILES string of the molecule is CC(Nc1ccc(C(=O)N(C)C)cc1N)c1ccccc1. The maximum atomic E-state index is 11.9. The molecule has 0 aromatic heterocycles. The highest BCUT2D eigenvalue weighted by atomic mass is 16.2. The van der Waals surface area contributed by atoms with Gasteiger partial charge in [0.05, 0.1) is 11.4 Å². The lowest BCUT2D eigenvalue weighted by Gasteiger charge is -2.18. The Kier molecular flexibility index (Phi) is 4.48. The molecule has 2 rings (SSSR count). The maximum Gasteiger partial charge on any atom is 0.253 e. The van der Waals surface area contributed by atoms with Gasteiger partial charge in [-0.05, 0) is 30.7 Å². The van der Waals surface area contributed by atoms with Crippen molar-refractivity contribution in [3.63, 3.8) is 0 Å². The molecule has 0 aliphatic rings. The zero-order valence-electron chi connectivity index (χ0n) is 12.6. The third kappa shape index (κ3) is 3.54. The van der Waals surface area contributed by atoms with Crippen molar-refractivity contribution in [1.29, 1.82) is 0 Å². The summed E-state index contributed by atoms with van der Waals surface area (Å²) in [5.74, 6) is -0.0515. The summed E-state index contributed by atoms with van der Waals surface area (Å²) in [6.07, 6.45) is 0. The standard InChI is InChI=1S/C17H21N3O/c1-12(13-7-5-4-6-8-13)19-16-10-9-14(11-15(16)18)17(21)20(2)3/h4-12,19H,18H2,1-3H3. The summed E-state index contributed by atoms with van der Waals surface area (Å²) in [6.45, 7) is 2.08. The molecule has 2 aromatic rings. The topological polar surface area (TPSA) is 58.4 Å². The van der Waals surface area contributed by atoms with E-state index in [1.54, 1.807) is 26.2 Å². The smallest absolute Gasteiger partial charge is 0.253 e. The van der Waals surface area contributed by atoms with E-state index in [-0.39, 0.29) is 11.9 Å². The predicted molar refractivity (Wildman–Crippen MR) is 87.4 cm³/mol. The van der Waals surface area contributed by atoms with E-state index in [1.165, 1.54) is 10.5 Å². The summed E-state index contributed by atoms with van der Waals surface area (Å²) in [4.78, 5) is 13.4. The molecule has 4 heteroatoms. The monoisotopic (exact) mass is 283 g/mol. The molecule has 0 fully saturated rings. The van der Waals surface area contributed by atoms with Crippen molar-refractivity contribution in [2.45, 2.75) is 13.0 Å². The molecule has 0 saturated carbocycles. The van der Waals surface area contributed by atoms with Crippen LogP contribution in [-0.4, -0.2) is 24.9 Å². The van der Waals surface area contributed by atoms with E-state index in [0.717, 1.165) is 5.69 Å². The first-order valence-electron chi connectivity index (χ1n) is 6.91. The number of nitrogens with two attached hydrogens (primary N) is 1.